The number of halogens is 2. The number of benzene rings is 1. The Morgan fingerprint density at radius 2 is 2.14 bits per heavy atom. The van der Waals surface area contributed by atoms with Crippen LogP contribution in [-0.4, -0.2) is 33.6 Å². The van der Waals surface area contributed by atoms with Gasteiger partial charge in [0.1, 0.15) is 0 Å². The number of nitrogens with one attached hydrogen (secondary N) is 1. The van der Waals surface area contributed by atoms with Crippen LogP contribution in [0.25, 0.3) is 0 Å². The van der Waals surface area contributed by atoms with Crippen molar-refractivity contribution in [2.45, 2.75) is 24.8 Å². The first kappa shape index (κ1) is 18.4. The molecule has 118 valence electrons. The molecule has 0 aliphatic heterocycles. The minimum absolute atomic E-state index is 0.0263. The summed E-state index contributed by atoms with van der Waals surface area (Å²) in [6.45, 7) is 4.49. The molecule has 0 spiro atoms. The summed E-state index contributed by atoms with van der Waals surface area (Å²) >= 11 is 9.13. The number of rotatable bonds is 6. The van der Waals surface area contributed by atoms with Gasteiger partial charge < -0.3 is 10.1 Å². The zero-order valence-electron chi connectivity index (χ0n) is 11.5. The normalized spacial score (nSPS) is 13.0. The van der Waals surface area contributed by atoms with Crippen molar-refractivity contribution >= 4 is 43.5 Å². The number of carbonyl (C=O) groups excluding carboxylic acids is 1. The molecule has 1 amide bonds. The third-order valence-electron chi connectivity index (χ3n) is 2.52. The second-order valence-electron chi connectivity index (χ2n) is 4.35. The maximum absolute atomic E-state index is 12.2. The second kappa shape index (κ2) is 7.55. The highest BCUT2D eigenvalue weighted by Crippen LogP contribution is 2.29. The summed E-state index contributed by atoms with van der Waals surface area (Å²) in [5, 5.41) is 7.86. The fourth-order valence-corrected chi connectivity index (χ4v) is 2.90. The van der Waals surface area contributed by atoms with E-state index in [0.717, 1.165) is 6.07 Å². The van der Waals surface area contributed by atoms with Crippen LogP contribution in [0.5, 0.6) is 0 Å². The van der Waals surface area contributed by atoms with Crippen LogP contribution in [0.2, 0.25) is 5.02 Å². The molecule has 0 saturated carbocycles. The Morgan fingerprint density at radius 1 is 1.52 bits per heavy atom. The highest BCUT2D eigenvalue weighted by atomic mass is 79.9. The van der Waals surface area contributed by atoms with E-state index in [2.05, 4.69) is 21.2 Å². The lowest BCUT2D eigenvalue weighted by molar-refractivity contribution is 0.0872. The quantitative estimate of drug-likeness (QED) is 0.763. The van der Waals surface area contributed by atoms with Crippen LogP contribution >= 0.6 is 27.5 Å². The Balaban J connectivity index is 3.06. The number of sulfonamides is 1. The average Bonchev–Trinajstić information content (AvgIpc) is 2.37. The van der Waals surface area contributed by atoms with Gasteiger partial charge in [-0.05, 0) is 41.9 Å². The molecule has 0 aliphatic rings. The van der Waals surface area contributed by atoms with Crippen LogP contribution in [0.3, 0.4) is 0 Å². The van der Waals surface area contributed by atoms with Crippen molar-refractivity contribution in [1.82, 2.24) is 5.32 Å². The molecular weight excluding hydrogens is 384 g/mol. The molecule has 0 bridgehead atoms. The summed E-state index contributed by atoms with van der Waals surface area (Å²) < 4.78 is 28.3. The van der Waals surface area contributed by atoms with Gasteiger partial charge in [-0.25, -0.2) is 13.6 Å². The largest absolute Gasteiger partial charge is 0.380 e. The Kier molecular flexibility index (Phi) is 6.61. The molecule has 1 aromatic rings. The van der Waals surface area contributed by atoms with Crippen molar-refractivity contribution in [3.8, 4) is 0 Å². The first-order valence-corrected chi connectivity index (χ1v) is 8.79. The van der Waals surface area contributed by atoms with Gasteiger partial charge in [0, 0.05) is 17.1 Å². The van der Waals surface area contributed by atoms with Crippen molar-refractivity contribution < 1.29 is 17.9 Å². The van der Waals surface area contributed by atoms with Crippen molar-refractivity contribution in [3.05, 3.63) is 27.2 Å². The number of primary sulfonamides is 1. The van der Waals surface area contributed by atoms with Crippen LogP contribution in [0.1, 0.15) is 24.2 Å². The van der Waals surface area contributed by atoms with Crippen LogP contribution in [0, 0.1) is 0 Å². The maximum Gasteiger partial charge on any atom is 0.253 e. The highest BCUT2D eigenvalue weighted by Gasteiger charge is 2.20. The van der Waals surface area contributed by atoms with Gasteiger partial charge in [0.2, 0.25) is 10.0 Å². The SMILES string of the molecule is CCOCC(C)NC(=O)c1cc(S(N)(=O)=O)cc(Br)c1Cl. The minimum Gasteiger partial charge on any atom is -0.380 e. The molecule has 1 aromatic carbocycles. The van der Waals surface area contributed by atoms with Crippen LogP contribution < -0.4 is 10.5 Å². The average molecular weight is 400 g/mol. The van der Waals surface area contributed by atoms with Gasteiger partial charge in [-0.3, -0.25) is 4.79 Å². The number of amides is 1. The molecular formula is C12H16BrClN2O4S. The zero-order chi connectivity index (χ0) is 16.2. The predicted molar refractivity (Wildman–Crippen MR) is 83.9 cm³/mol. The van der Waals surface area contributed by atoms with E-state index in [1.54, 1.807) is 6.92 Å². The van der Waals surface area contributed by atoms with E-state index in [4.69, 9.17) is 21.5 Å². The van der Waals surface area contributed by atoms with Crippen LogP contribution in [-0.2, 0) is 14.8 Å². The molecule has 21 heavy (non-hydrogen) atoms. The van der Waals surface area contributed by atoms with Gasteiger partial charge in [-0.15, -0.1) is 0 Å². The Morgan fingerprint density at radius 3 is 2.67 bits per heavy atom. The molecule has 0 radical (unpaired) electrons. The predicted octanol–water partition coefficient (Wildman–Crippen LogP) is 1.90. The minimum atomic E-state index is -3.93. The molecule has 0 aliphatic carbocycles. The van der Waals surface area contributed by atoms with Gasteiger partial charge in [-0.1, -0.05) is 11.6 Å². The van der Waals surface area contributed by atoms with Crippen LogP contribution in [0.4, 0.5) is 0 Å². The molecule has 1 unspecified atom stereocenters. The Labute approximate surface area is 137 Å². The lowest BCUT2D eigenvalue weighted by Crippen LogP contribution is -2.36. The molecule has 0 aromatic heterocycles. The fraction of sp³-hybridized carbons (Fsp3) is 0.417. The van der Waals surface area contributed by atoms with E-state index >= 15 is 0 Å². The Bertz CT molecular complexity index is 636. The van der Waals surface area contributed by atoms with E-state index in [9.17, 15) is 13.2 Å². The summed E-state index contributed by atoms with van der Waals surface area (Å²) in [6.07, 6.45) is 0. The summed E-state index contributed by atoms with van der Waals surface area (Å²) in [6, 6.07) is 2.15. The smallest absolute Gasteiger partial charge is 0.253 e. The number of hydrogen-bond acceptors (Lipinski definition) is 4. The molecule has 9 heteroatoms. The summed E-state index contributed by atoms with van der Waals surface area (Å²) in [5.74, 6) is -0.501. The zero-order valence-corrected chi connectivity index (χ0v) is 14.7. The van der Waals surface area contributed by atoms with Crippen molar-refractivity contribution in [2.75, 3.05) is 13.2 Å². The van der Waals surface area contributed by atoms with E-state index in [1.165, 1.54) is 6.07 Å². The standard InChI is InChI=1S/C12H16BrClN2O4S/c1-3-20-6-7(2)16-12(17)9-4-8(21(15,18)19)5-10(13)11(9)14/h4-5,7H,3,6H2,1-2H3,(H,16,17)(H2,15,18,19). The molecule has 6 nitrogen and oxygen atoms in total. The lowest BCUT2D eigenvalue weighted by Gasteiger charge is -2.15. The molecule has 0 fully saturated rings. The molecule has 1 atom stereocenters. The van der Waals surface area contributed by atoms with Crippen molar-refractivity contribution in [3.63, 3.8) is 0 Å². The second-order valence-corrected chi connectivity index (χ2v) is 7.14. The summed E-state index contributed by atoms with van der Waals surface area (Å²) in [5.41, 5.74) is 0.0263. The molecule has 1 rings (SSSR count). The first-order valence-electron chi connectivity index (χ1n) is 6.07. The molecule has 3 N–H and O–H groups in total. The lowest BCUT2D eigenvalue weighted by atomic mass is 10.2. The third kappa shape index (κ3) is 5.23. The number of carbonyl (C=O) groups is 1. The summed E-state index contributed by atoms with van der Waals surface area (Å²) in [4.78, 5) is 12.0. The molecule has 0 saturated heterocycles. The number of hydrogen-bond donors (Lipinski definition) is 2. The van der Waals surface area contributed by atoms with Crippen LogP contribution in [0.15, 0.2) is 21.5 Å². The molecule has 0 heterocycles. The number of nitrogens with two attached hydrogens (primary N) is 1. The maximum atomic E-state index is 12.2. The van der Waals surface area contributed by atoms with Gasteiger partial charge >= 0.3 is 0 Å². The fourth-order valence-electron chi connectivity index (χ4n) is 1.53. The highest BCUT2D eigenvalue weighted by molar-refractivity contribution is 9.10. The number of ether oxygens (including phenoxy) is 1. The first-order chi connectivity index (χ1) is 9.66. The van der Waals surface area contributed by atoms with Gasteiger partial charge in [0.05, 0.1) is 22.1 Å². The van der Waals surface area contributed by atoms with E-state index in [1.807, 2.05) is 6.92 Å². The van der Waals surface area contributed by atoms with Crippen molar-refractivity contribution in [1.29, 1.82) is 0 Å². The van der Waals surface area contributed by atoms with Gasteiger partial charge in [-0.2, -0.15) is 0 Å². The van der Waals surface area contributed by atoms with E-state index in [-0.39, 0.29) is 26.0 Å². The van der Waals surface area contributed by atoms with Crippen molar-refractivity contribution in [2.24, 2.45) is 5.14 Å². The van der Waals surface area contributed by atoms with E-state index < -0.39 is 15.9 Å². The third-order valence-corrected chi connectivity index (χ3v) is 4.68. The van der Waals surface area contributed by atoms with Gasteiger partial charge in [0.15, 0.2) is 0 Å². The summed E-state index contributed by atoms with van der Waals surface area (Å²) in [7, 11) is -3.93. The Hall–Kier alpha value is -0.670. The van der Waals surface area contributed by atoms with Gasteiger partial charge in [0.25, 0.3) is 5.91 Å². The van der Waals surface area contributed by atoms with E-state index in [0.29, 0.717) is 13.2 Å². The monoisotopic (exact) mass is 398 g/mol. The topological polar surface area (TPSA) is 98.5 Å².